The molecule has 4 rings (SSSR count). The van der Waals surface area contributed by atoms with Gasteiger partial charge in [-0.15, -0.1) is 0 Å². The molecule has 0 bridgehead atoms. The molecule has 2 aromatic heterocycles. The first kappa shape index (κ1) is 18.4. The summed E-state index contributed by atoms with van der Waals surface area (Å²) in [5, 5.41) is 1.40. The summed E-state index contributed by atoms with van der Waals surface area (Å²) < 4.78 is 2.96. The van der Waals surface area contributed by atoms with E-state index in [0.29, 0.717) is 5.02 Å². The maximum atomic E-state index is 12.4. The molecule has 1 saturated heterocycles. The fourth-order valence-corrected chi connectivity index (χ4v) is 4.53. The molecule has 3 heterocycles. The molecule has 8 heteroatoms. The van der Waals surface area contributed by atoms with Crippen molar-refractivity contribution in [1.82, 2.24) is 18.8 Å². The zero-order valence-electron chi connectivity index (χ0n) is 15.1. The Morgan fingerprint density at radius 2 is 1.70 bits per heavy atom. The van der Waals surface area contributed by atoms with Crippen LogP contribution in [0.2, 0.25) is 5.02 Å². The molecule has 1 aliphatic heterocycles. The van der Waals surface area contributed by atoms with E-state index in [9.17, 15) is 4.79 Å². The van der Waals surface area contributed by atoms with Crippen molar-refractivity contribution in [1.29, 1.82) is 0 Å². The fraction of sp³-hybridized carbons (Fsp3) is 0.421. The van der Waals surface area contributed by atoms with Gasteiger partial charge in [-0.2, -0.15) is 0 Å². The summed E-state index contributed by atoms with van der Waals surface area (Å²) in [6.07, 6.45) is 5.41. The van der Waals surface area contributed by atoms with Crippen LogP contribution in [0.3, 0.4) is 0 Å². The van der Waals surface area contributed by atoms with E-state index in [2.05, 4.69) is 19.8 Å². The molecule has 3 aromatic rings. The number of piperazine rings is 1. The van der Waals surface area contributed by atoms with Crippen LogP contribution in [0.4, 0.5) is 5.95 Å². The summed E-state index contributed by atoms with van der Waals surface area (Å²) >= 11 is 7.42. The molecule has 27 heavy (non-hydrogen) atoms. The van der Waals surface area contributed by atoms with Crippen LogP contribution in [0.5, 0.6) is 0 Å². The predicted molar refractivity (Wildman–Crippen MR) is 111 cm³/mol. The van der Waals surface area contributed by atoms with Gasteiger partial charge in [0.15, 0.2) is 0 Å². The number of unbranched alkanes of at least 4 members (excludes halogenated alkanes) is 1. The van der Waals surface area contributed by atoms with Gasteiger partial charge in [-0.05, 0) is 31.5 Å². The van der Waals surface area contributed by atoms with Gasteiger partial charge >= 0.3 is 0 Å². The Labute approximate surface area is 167 Å². The molecule has 0 spiro atoms. The Hall–Kier alpha value is -1.96. The minimum atomic E-state index is 0.146. The van der Waals surface area contributed by atoms with Gasteiger partial charge in [0, 0.05) is 32.7 Å². The Balaban J connectivity index is 1.22. The van der Waals surface area contributed by atoms with E-state index in [1.165, 1.54) is 0 Å². The van der Waals surface area contributed by atoms with Crippen LogP contribution < -0.4 is 10.5 Å². The lowest BCUT2D eigenvalue weighted by molar-refractivity contribution is 0.250. The SMILES string of the molecule is O=c1c2ccccc2sn1CCCCN1CCN(c2ncc(Cl)cn2)CC1. The van der Waals surface area contributed by atoms with Crippen molar-refractivity contribution < 1.29 is 0 Å². The first-order chi connectivity index (χ1) is 13.2. The van der Waals surface area contributed by atoms with Gasteiger partial charge in [-0.3, -0.25) is 13.7 Å². The van der Waals surface area contributed by atoms with E-state index >= 15 is 0 Å². The van der Waals surface area contributed by atoms with Gasteiger partial charge in [0.1, 0.15) is 0 Å². The van der Waals surface area contributed by atoms with Crippen molar-refractivity contribution in [3.05, 3.63) is 52.0 Å². The summed E-state index contributed by atoms with van der Waals surface area (Å²) in [6, 6.07) is 7.84. The molecule has 0 radical (unpaired) electrons. The van der Waals surface area contributed by atoms with E-state index in [0.717, 1.165) is 68.1 Å². The summed E-state index contributed by atoms with van der Waals surface area (Å²) in [5.74, 6) is 0.753. The summed E-state index contributed by atoms with van der Waals surface area (Å²) in [4.78, 5) is 25.6. The van der Waals surface area contributed by atoms with Crippen molar-refractivity contribution in [2.24, 2.45) is 0 Å². The van der Waals surface area contributed by atoms with Crippen LogP contribution in [0.1, 0.15) is 12.8 Å². The average molecular weight is 404 g/mol. The second-order valence-corrected chi connectivity index (χ2v) is 8.23. The second-order valence-electron chi connectivity index (χ2n) is 6.73. The topological polar surface area (TPSA) is 54.3 Å². The molecule has 142 valence electrons. The van der Waals surface area contributed by atoms with E-state index < -0.39 is 0 Å². The number of aromatic nitrogens is 3. The first-order valence-corrected chi connectivity index (χ1v) is 10.4. The largest absolute Gasteiger partial charge is 0.338 e. The lowest BCUT2D eigenvalue weighted by Gasteiger charge is -2.34. The monoisotopic (exact) mass is 403 g/mol. The number of hydrogen-bond acceptors (Lipinski definition) is 6. The molecule has 1 fully saturated rings. The quantitative estimate of drug-likeness (QED) is 0.592. The maximum Gasteiger partial charge on any atom is 0.268 e. The van der Waals surface area contributed by atoms with Gasteiger partial charge < -0.3 is 4.90 Å². The molecule has 0 amide bonds. The number of nitrogens with zero attached hydrogens (tertiary/aromatic N) is 5. The fourth-order valence-electron chi connectivity index (χ4n) is 3.40. The molecule has 0 aliphatic carbocycles. The number of fused-ring (bicyclic) bond motifs is 1. The van der Waals surface area contributed by atoms with Crippen molar-refractivity contribution in [2.45, 2.75) is 19.4 Å². The highest BCUT2D eigenvalue weighted by Gasteiger charge is 2.18. The van der Waals surface area contributed by atoms with Crippen LogP contribution in [-0.4, -0.2) is 51.5 Å². The second kappa shape index (κ2) is 8.37. The smallest absolute Gasteiger partial charge is 0.268 e. The Morgan fingerprint density at radius 3 is 2.44 bits per heavy atom. The van der Waals surface area contributed by atoms with Crippen LogP contribution >= 0.6 is 23.1 Å². The average Bonchev–Trinajstić information content (AvgIpc) is 3.02. The number of anilines is 1. The standard InChI is InChI=1S/C19H22ClN5OS/c20-15-13-21-19(22-14-15)24-11-9-23(10-12-24)7-3-4-8-25-18(26)16-5-1-2-6-17(16)27-25/h1-2,5-6,13-14H,3-4,7-12H2. The Morgan fingerprint density at radius 1 is 1.00 bits per heavy atom. The van der Waals surface area contributed by atoms with Crippen LogP contribution in [0.25, 0.3) is 10.1 Å². The minimum Gasteiger partial charge on any atom is -0.338 e. The first-order valence-electron chi connectivity index (χ1n) is 9.24. The normalized spacial score (nSPS) is 15.5. The molecule has 0 atom stereocenters. The highest BCUT2D eigenvalue weighted by atomic mass is 35.5. The summed E-state index contributed by atoms with van der Waals surface area (Å²) in [7, 11) is 0. The lowest BCUT2D eigenvalue weighted by Crippen LogP contribution is -2.47. The number of benzene rings is 1. The lowest BCUT2D eigenvalue weighted by atomic mass is 10.2. The molecule has 1 aromatic carbocycles. The number of rotatable bonds is 6. The minimum absolute atomic E-state index is 0.146. The van der Waals surface area contributed by atoms with Crippen LogP contribution in [0.15, 0.2) is 41.5 Å². The molecule has 6 nitrogen and oxygen atoms in total. The molecule has 0 unspecified atom stereocenters. The molecular formula is C19H22ClN5OS. The molecule has 1 aliphatic rings. The van der Waals surface area contributed by atoms with E-state index in [4.69, 9.17) is 11.6 Å². The number of halogens is 1. The van der Waals surface area contributed by atoms with Crippen LogP contribution in [0, 0.1) is 0 Å². The van der Waals surface area contributed by atoms with Crippen LogP contribution in [-0.2, 0) is 6.54 Å². The third-order valence-electron chi connectivity index (χ3n) is 4.90. The van der Waals surface area contributed by atoms with Gasteiger partial charge in [-0.25, -0.2) is 9.97 Å². The van der Waals surface area contributed by atoms with Crippen molar-refractivity contribution in [3.63, 3.8) is 0 Å². The summed E-state index contributed by atoms with van der Waals surface area (Å²) in [5.41, 5.74) is 0.146. The van der Waals surface area contributed by atoms with Crippen molar-refractivity contribution in [2.75, 3.05) is 37.6 Å². The highest BCUT2D eigenvalue weighted by molar-refractivity contribution is 7.13. The van der Waals surface area contributed by atoms with Gasteiger partial charge in [0.2, 0.25) is 5.95 Å². The maximum absolute atomic E-state index is 12.4. The molecular weight excluding hydrogens is 382 g/mol. The Bertz CT molecular complexity index is 947. The van der Waals surface area contributed by atoms with Crippen molar-refractivity contribution >= 4 is 39.2 Å². The van der Waals surface area contributed by atoms with E-state index in [1.54, 1.807) is 23.9 Å². The van der Waals surface area contributed by atoms with E-state index in [1.807, 2.05) is 28.2 Å². The summed E-state index contributed by atoms with van der Waals surface area (Å²) in [6.45, 7) is 5.74. The molecule has 0 N–H and O–H groups in total. The van der Waals surface area contributed by atoms with E-state index in [-0.39, 0.29) is 5.56 Å². The third kappa shape index (κ3) is 4.31. The third-order valence-corrected chi connectivity index (χ3v) is 6.22. The van der Waals surface area contributed by atoms with Gasteiger partial charge in [0.05, 0.1) is 27.5 Å². The Kier molecular flexibility index (Phi) is 5.71. The number of aryl methyl sites for hydroxylation is 1. The number of hydrogen-bond donors (Lipinski definition) is 0. The highest BCUT2D eigenvalue weighted by Crippen LogP contribution is 2.17. The van der Waals surface area contributed by atoms with Gasteiger partial charge in [-0.1, -0.05) is 35.3 Å². The zero-order valence-corrected chi connectivity index (χ0v) is 16.6. The zero-order chi connectivity index (χ0) is 18.6. The van der Waals surface area contributed by atoms with Crippen molar-refractivity contribution in [3.8, 4) is 0 Å². The van der Waals surface area contributed by atoms with Gasteiger partial charge in [0.25, 0.3) is 5.56 Å². The predicted octanol–water partition coefficient (Wildman–Crippen LogP) is 3.11. The molecule has 0 saturated carbocycles.